The third-order valence-electron chi connectivity index (χ3n) is 2.05. The van der Waals surface area contributed by atoms with Crippen LogP contribution in [0.3, 0.4) is 0 Å². The van der Waals surface area contributed by atoms with Crippen molar-refractivity contribution < 1.29 is 4.79 Å². The van der Waals surface area contributed by atoms with Crippen molar-refractivity contribution in [3.8, 4) is 0 Å². The molecule has 0 aromatic carbocycles. The molecule has 0 radical (unpaired) electrons. The van der Waals surface area contributed by atoms with Gasteiger partial charge >= 0.3 is 0 Å². The van der Waals surface area contributed by atoms with Crippen LogP contribution in [0.1, 0.15) is 26.2 Å². The number of hydrogen-bond acceptors (Lipinski definition) is 1. The Hall–Kier alpha value is -0.0100. The average Bonchev–Trinajstić information content (AvgIpc) is 2.37. The molecule has 0 saturated heterocycles. The van der Waals surface area contributed by atoms with Crippen LogP contribution >= 0.6 is 23.2 Å². The monoisotopic (exact) mass is 206 g/mol. The van der Waals surface area contributed by atoms with Gasteiger partial charge in [0.25, 0.3) is 0 Å². The maximum absolute atomic E-state index is 11.3. The van der Waals surface area contributed by atoms with Gasteiger partial charge in [0, 0.05) is 6.42 Å². The normalized spacial score (nSPS) is 23.1. The van der Waals surface area contributed by atoms with E-state index in [-0.39, 0.29) is 5.78 Å². The van der Waals surface area contributed by atoms with Crippen molar-refractivity contribution in [2.45, 2.75) is 30.5 Å². The Bertz CT molecular complexity index is 203. The van der Waals surface area contributed by atoms with E-state index in [1.807, 2.05) is 0 Å². The molecule has 0 fully saturated rings. The Balaban J connectivity index is 2.41. The Labute approximate surface area is 82.7 Å². The van der Waals surface area contributed by atoms with Crippen LogP contribution < -0.4 is 0 Å². The van der Waals surface area contributed by atoms with Crippen LogP contribution in [0.4, 0.5) is 0 Å². The molecule has 1 rings (SSSR count). The minimum absolute atomic E-state index is 0.0811. The number of halogens is 2. The lowest BCUT2D eigenvalue weighted by Gasteiger charge is -2.13. The molecule has 0 bridgehead atoms. The van der Waals surface area contributed by atoms with Crippen LogP contribution in [0.2, 0.25) is 0 Å². The number of ketones is 1. The summed E-state index contributed by atoms with van der Waals surface area (Å²) in [6.07, 6.45) is 6.75. The molecular weight excluding hydrogens is 195 g/mol. The minimum Gasteiger partial charge on any atom is -0.296 e. The highest BCUT2D eigenvalue weighted by Gasteiger charge is 2.28. The summed E-state index contributed by atoms with van der Waals surface area (Å²) in [4.78, 5) is 11.3. The standard InChI is InChI=1S/C9H12Cl2O/c1-9(10,11)8(12)6-7-4-2-3-5-7/h2,4,7H,3,5-6H2,1H3. The van der Waals surface area contributed by atoms with Gasteiger partial charge in [-0.05, 0) is 25.7 Å². The summed E-state index contributed by atoms with van der Waals surface area (Å²) in [6.45, 7) is 1.52. The zero-order valence-electron chi connectivity index (χ0n) is 7.02. The highest BCUT2D eigenvalue weighted by atomic mass is 35.5. The Morgan fingerprint density at radius 3 is 2.75 bits per heavy atom. The first-order valence-corrected chi connectivity index (χ1v) is 4.83. The van der Waals surface area contributed by atoms with Gasteiger partial charge in [-0.1, -0.05) is 35.4 Å². The quantitative estimate of drug-likeness (QED) is 0.513. The molecule has 3 heteroatoms. The topological polar surface area (TPSA) is 17.1 Å². The Kier molecular flexibility index (Phi) is 3.19. The van der Waals surface area contributed by atoms with Crippen molar-refractivity contribution in [3.63, 3.8) is 0 Å². The van der Waals surface area contributed by atoms with Crippen LogP contribution in [0.25, 0.3) is 0 Å². The molecule has 0 heterocycles. The molecule has 1 aliphatic rings. The van der Waals surface area contributed by atoms with Gasteiger partial charge in [0.2, 0.25) is 0 Å². The first kappa shape index (κ1) is 10.1. The summed E-state index contributed by atoms with van der Waals surface area (Å²) in [5.74, 6) is 0.275. The summed E-state index contributed by atoms with van der Waals surface area (Å²) >= 11 is 11.3. The third-order valence-corrected chi connectivity index (χ3v) is 2.47. The van der Waals surface area contributed by atoms with Crippen molar-refractivity contribution in [2.24, 2.45) is 5.92 Å². The lowest BCUT2D eigenvalue weighted by molar-refractivity contribution is -0.120. The lowest BCUT2D eigenvalue weighted by Crippen LogP contribution is -2.23. The maximum atomic E-state index is 11.3. The van der Waals surface area contributed by atoms with Gasteiger partial charge in [-0.3, -0.25) is 4.79 Å². The SMILES string of the molecule is CC(Cl)(Cl)C(=O)CC1C=CCC1. The van der Waals surface area contributed by atoms with Crippen LogP contribution in [-0.2, 0) is 4.79 Å². The fourth-order valence-corrected chi connectivity index (χ4v) is 1.44. The van der Waals surface area contributed by atoms with Crippen LogP contribution in [0.15, 0.2) is 12.2 Å². The summed E-state index contributed by atoms with van der Waals surface area (Å²) in [7, 11) is 0. The third kappa shape index (κ3) is 2.80. The fraction of sp³-hybridized carbons (Fsp3) is 0.667. The number of rotatable bonds is 3. The second kappa shape index (κ2) is 3.80. The van der Waals surface area contributed by atoms with Gasteiger partial charge in [-0.2, -0.15) is 0 Å². The summed E-state index contributed by atoms with van der Waals surface area (Å²) in [5, 5.41) is 0. The first-order valence-electron chi connectivity index (χ1n) is 4.08. The lowest BCUT2D eigenvalue weighted by atomic mass is 10.0. The molecule has 0 aromatic rings. The molecule has 12 heavy (non-hydrogen) atoms. The van der Waals surface area contributed by atoms with Crippen molar-refractivity contribution in [2.75, 3.05) is 0 Å². The molecule has 1 atom stereocenters. The first-order chi connectivity index (χ1) is 5.50. The molecule has 0 saturated carbocycles. The number of carbonyl (C=O) groups is 1. The van der Waals surface area contributed by atoms with E-state index in [0.717, 1.165) is 12.8 Å². The number of hydrogen-bond donors (Lipinski definition) is 0. The van der Waals surface area contributed by atoms with Crippen molar-refractivity contribution in [1.82, 2.24) is 0 Å². The second-order valence-electron chi connectivity index (χ2n) is 3.28. The zero-order chi connectivity index (χ0) is 9.19. The largest absolute Gasteiger partial charge is 0.296 e. The van der Waals surface area contributed by atoms with Crippen LogP contribution in [0.5, 0.6) is 0 Å². The van der Waals surface area contributed by atoms with Gasteiger partial charge in [0.15, 0.2) is 10.1 Å². The number of Topliss-reactive ketones (excluding diaryl/α,β-unsaturated/α-hetero) is 1. The predicted molar refractivity (Wildman–Crippen MR) is 51.6 cm³/mol. The van der Waals surface area contributed by atoms with E-state index < -0.39 is 4.33 Å². The predicted octanol–water partition coefficient (Wildman–Crippen LogP) is 3.11. The van der Waals surface area contributed by atoms with E-state index >= 15 is 0 Å². The van der Waals surface area contributed by atoms with Crippen molar-refractivity contribution in [1.29, 1.82) is 0 Å². The minimum atomic E-state index is -1.21. The second-order valence-corrected chi connectivity index (χ2v) is 4.99. The Morgan fingerprint density at radius 1 is 1.67 bits per heavy atom. The van der Waals surface area contributed by atoms with Gasteiger partial charge < -0.3 is 0 Å². The molecule has 1 unspecified atom stereocenters. The van der Waals surface area contributed by atoms with E-state index in [1.165, 1.54) is 6.92 Å². The number of alkyl halides is 2. The molecule has 0 spiro atoms. The van der Waals surface area contributed by atoms with E-state index in [9.17, 15) is 4.79 Å². The van der Waals surface area contributed by atoms with E-state index in [4.69, 9.17) is 23.2 Å². The Morgan fingerprint density at radius 2 is 2.33 bits per heavy atom. The van der Waals surface area contributed by atoms with Crippen molar-refractivity contribution >= 4 is 29.0 Å². The summed E-state index contributed by atoms with van der Waals surface area (Å²) in [6, 6.07) is 0. The molecule has 0 aromatic heterocycles. The molecule has 0 N–H and O–H groups in total. The van der Waals surface area contributed by atoms with Gasteiger partial charge in [-0.15, -0.1) is 0 Å². The van der Waals surface area contributed by atoms with Crippen molar-refractivity contribution in [3.05, 3.63) is 12.2 Å². The molecule has 0 amide bonds. The van der Waals surface area contributed by atoms with Gasteiger partial charge in [0.05, 0.1) is 0 Å². The summed E-state index contributed by atoms with van der Waals surface area (Å²) < 4.78 is -1.21. The molecule has 0 aliphatic heterocycles. The smallest absolute Gasteiger partial charge is 0.173 e. The van der Waals surface area contributed by atoms with Gasteiger partial charge in [0.1, 0.15) is 0 Å². The highest BCUT2D eigenvalue weighted by Crippen LogP contribution is 2.28. The number of allylic oxidation sites excluding steroid dienone is 2. The van der Waals surface area contributed by atoms with Crippen LogP contribution in [-0.4, -0.2) is 10.1 Å². The average molecular weight is 207 g/mol. The zero-order valence-corrected chi connectivity index (χ0v) is 8.53. The van der Waals surface area contributed by atoms with E-state index in [2.05, 4.69) is 12.2 Å². The molecule has 68 valence electrons. The highest BCUT2D eigenvalue weighted by molar-refractivity contribution is 6.57. The summed E-state index contributed by atoms with van der Waals surface area (Å²) in [5.41, 5.74) is 0. The van der Waals surface area contributed by atoms with E-state index in [1.54, 1.807) is 0 Å². The number of carbonyl (C=O) groups excluding carboxylic acids is 1. The molecular formula is C9H12Cl2O. The molecule has 1 aliphatic carbocycles. The van der Waals surface area contributed by atoms with E-state index in [0.29, 0.717) is 12.3 Å². The molecule has 1 nitrogen and oxygen atoms in total. The fourth-order valence-electron chi connectivity index (χ4n) is 1.28. The van der Waals surface area contributed by atoms with Crippen LogP contribution in [0, 0.1) is 5.92 Å². The van der Waals surface area contributed by atoms with Gasteiger partial charge in [-0.25, -0.2) is 0 Å². The maximum Gasteiger partial charge on any atom is 0.173 e.